The summed E-state index contributed by atoms with van der Waals surface area (Å²) in [5.41, 5.74) is -0.153. The second kappa shape index (κ2) is 2.69. The monoisotopic (exact) mass is 238 g/mol. The summed E-state index contributed by atoms with van der Waals surface area (Å²) in [7, 11) is 0. The average molecular weight is 238 g/mol. The van der Waals surface area contributed by atoms with Gasteiger partial charge in [-0.2, -0.15) is 0 Å². The predicted octanol–water partition coefficient (Wildman–Crippen LogP) is 2.91. The molecule has 1 heteroatoms. The number of hydrogen-bond donors (Lipinski definition) is 0. The quantitative estimate of drug-likeness (QED) is 0.609. The minimum atomic E-state index is -2.39. The minimum Gasteiger partial charge on any atom is -0.0609 e. The Hall–Kier alpha value is -0.0500. The topological polar surface area (TPSA) is 0 Å². The van der Waals surface area contributed by atoms with Crippen molar-refractivity contribution in [1.82, 2.24) is 0 Å². The molecule has 0 aliphatic rings. The molecule has 0 saturated heterocycles. The molecule has 0 bridgehead atoms. The highest BCUT2D eigenvalue weighted by Crippen LogP contribution is 2.13. The molecule has 0 saturated carbocycles. The van der Waals surface area contributed by atoms with Crippen molar-refractivity contribution >= 4 is 22.6 Å². The molecule has 0 N–H and O–H groups in total. The molecule has 0 amide bonds. The number of rotatable bonds is 0. The highest BCUT2D eigenvalue weighted by Gasteiger charge is 1.93. The lowest BCUT2D eigenvalue weighted by Gasteiger charge is -1.99. The number of halogens is 1. The van der Waals surface area contributed by atoms with Gasteiger partial charge in [0.2, 0.25) is 0 Å². The van der Waals surface area contributed by atoms with E-state index >= 15 is 0 Å². The first kappa shape index (κ1) is 2.53. The van der Waals surface area contributed by atoms with Gasteiger partial charge in [-0.15, -0.1) is 0 Å². The molecule has 1 aromatic carbocycles. The lowest BCUT2D eigenvalue weighted by Crippen LogP contribution is -1.82. The molecule has 0 aliphatic heterocycles. The van der Waals surface area contributed by atoms with Crippen LogP contribution in [-0.2, 0) is 0 Å². The van der Waals surface area contributed by atoms with E-state index in [-0.39, 0.29) is 11.1 Å². The molecule has 1 rings (SSSR count). The largest absolute Gasteiger partial charge is 0.0609 e. The first-order valence-electron chi connectivity index (χ1n) is 5.43. The first-order valence-corrected chi connectivity index (χ1v) is 3.51. The zero-order chi connectivity index (χ0) is 11.9. The Balaban J connectivity index is 3.48. The molecule has 0 radical (unpaired) electrons. The molecule has 0 atom stereocenters. The Morgan fingerprint density at radius 1 is 1.44 bits per heavy atom. The van der Waals surface area contributed by atoms with Crippen molar-refractivity contribution in [3.05, 3.63) is 32.9 Å². The third-order valence-corrected chi connectivity index (χ3v) is 1.91. The van der Waals surface area contributed by atoms with Crippen molar-refractivity contribution in [1.29, 1.82) is 0 Å². The molecule has 48 valence electrons. The summed E-state index contributed by atoms with van der Waals surface area (Å²) in [5, 5.41) is 0. The highest BCUT2D eigenvalue weighted by molar-refractivity contribution is 14.1. The number of aryl methyl sites for hydroxylation is 1. The molecule has 0 spiro atoms. The van der Waals surface area contributed by atoms with Crippen LogP contribution in [0, 0.1) is 17.3 Å². The maximum Gasteiger partial charge on any atom is 0.0280 e. The van der Waals surface area contributed by atoms with E-state index in [9.17, 15) is 0 Å². The summed E-state index contributed by atoms with van der Waals surface area (Å²) < 4.78 is 44.2. The van der Waals surface area contributed by atoms with Gasteiger partial charge in [0.05, 0.1) is 0 Å². The highest BCUT2D eigenvalue weighted by atomic mass is 127. The Kier molecular flexibility index (Phi) is 0.756. The lowest BCUT2D eigenvalue weighted by atomic mass is 10.1. The van der Waals surface area contributed by atoms with Crippen molar-refractivity contribution in [2.24, 2.45) is 0 Å². The summed E-state index contributed by atoms with van der Waals surface area (Å²) in [5.74, 6) is 0. The average Bonchev–Trinajstić information content (AvgIpc) is 1.99. The maximum absolute atomic E-state index is 7.31. The molecule has 0 aliphatic carbocycles. The predicted molar refractivity (Wildman–Crippen MR) is 48.6 cm³/mol. The maximum atomic E-state index is 7.31. The summed E-state index contributed by atoms with van der Waals surface area (Å²) in [6, 6.07) is 4.49. The van der Waals surface area contributed by atoms with Gasteiger partial charge >= 0.3 is 0 Å². The number of hydrogen-bond acceptors (Lipinski definition) is 0. The minimum absolute atomic E-state index is 0.0643. The lowest BCUT2D eigenvalue weighted by molar-refractivity contribution is 1.31. The van der Waals surface area contributed by atoms with Crippen LogP contribution in [0.1, 0.15) is 19.4 Å². The molecule has 9 heavy (non-hydrogen) atoms. The van der Waals surface area contributed by atoms with Crippen LogP contribution in [0.3, 0.4) is 0 Å². The van der Waals surface area contributed by atoms with Gasteiger partial charge in [0, 0.05) is 11.8 Å². The standard InChI is InChI=1S/C8H9I/c1-6-4-3-5-8(9)7(6)2/h3-5H,1-2H3/i1D3,2D3. The van der Waals surface area contributed by atoms with Crippen LogP contribution in [0.25, 0.3) is 0 Å². The van der Waals surface area contributed by atoms with Crippen LogP contribution in [0.15, 0.2) is 18.2 Å². The van der Waals surface area contributed by atoms with Crippen molar-refractivity contribution in [3.8, 4) is 0 Å². The van der Waals surface area contributed by atoms with E-state index in [1.54, 1.807) is 12.1 Å². The van der Waals surface area contributed by atoms with Gasteiger partial charge in [-0.3, -0.25) is 0 Å². The van der Waals surface area contributed by atoms with Crippen LogP contribution in [0.2, 0.25) is 0 Å². The van der Waals surface area contributed by atoms with Gasteiger partial charge in [-0.1, -0.05) is 12.1 Å². The molecule has 0 unspecified atom stereocenters. The van der Waals surface area contributed by atoms with Gasteiger partial charge in [-0.05, 0) is 53.5 Å². The summed E-state index contributed by atoms with van der Waals surface area (Å²) in [4.78, 5) is 0. The Labute approximate surface area is 77.9 Å². The Morgan fingerprint density at radius 3 is 2.89 bits per heavy atom. The van der Waals surface area contributed by atoms with Gasteiger partial charge in [0.15, 0.2) is 0 Å². The summed E-state index contributed by atoms with van der Waals surface area (Å²) in [6.07, 6.45) is 0. The normalized spacial score (nSPS) is 22.3. The van der Waals surface area contributed by atoms with Crippen molar-refractivity contribution < 1.29 is 8.22 Å². The third-order valence-electron chi connectivity index (χ3n) is 1.01. The third kappa shape index (κ3) is 1.45. The fourth-order valence-electron chi connectivity index (χ4n) is 0.524. The van der Waals surface area contributed by atoms with Crippen molar-refractivity contribution in [2.45, 2.75) is 13.7 Å². The molecule has 0 heterocycles. The zero-order valence-corrected chi connectivity index (χ0v) is 6.77. The first-order chi connectivity index (χ1) is 6.64. The van der Waals surface area contributed by atoms with Crippen LogP contribution in [-0.4, -0.2) is 0 Å². The molecular formula is C8H9I. The van der Waals surface area contributed by atoms with Gasteiger partial charge in [-0.25, -0.2) is 0 Å². The van der Waals surface area contributed by atoms with Crippen LogP contribution in [0.4, 0.5) is 0 Å². The fourth-order valence-corrected chi connectivity index (χ4v) is 1.02. The second-order valence-corrected chi connectivity index (χ2v) is 2.82. The smallest absolute Gasteiger partial charge is 0.0280 e. The van der Waals surface area contributed by atoms with Gasteiger partial charge < -0.3 is 0 Å². The van der Waals surface area contributed by atoms with E-state index in [1.165, 1.54) is 6.07 Å². The van der Waals surface area contributed by atoms with Crippen molar-refractivity contribution in [2.75, 3.05) is 0 Å². The van der Waals surface area contributed by atoms with E-state index in [0.717, 1.165) is 0 Å². The Bertz CT molecular complexity index is 364. The molecule has 1 aromatic rings. The van der Waals surface area contributed by atoms with E-state index < -0.39 is 13.7 Å². The van der Waals surface area contributed by atoms with E-state index in [4.69, 9.17) is 8.22 Å². The zero-order valence-electron chi connectivity index (χ0n) is 10.6. The summed E-state index contributed by atoms with van der Waals surface area (Å²) >= 11 is 1.84. The number of benzene rings is 1. The van der Waals surface area contributed by atoms with Crippen LogP contribution in [0.5, 0.6) is 0 Å². The molecular weight excluding hydrogens is 223 g/mol. The van der Waals surface area contributed by atoms with Crippen LogP contribution >= 0.6 is 22.6 Å². The van der Waals surface area contributed by atoms with Crippen LogP contribution < -0.4 is 0 Å². The summed E-state index contributed by atoms with van der Waals surface area (Å²) in [6.45, 7) is -4.77. The van der Waals surface area contributed by atoms with Gasteiger partial charge in [0.25, 0.3) is 0 Å². The SMILES string of the molecule is [2H]C([2H])([2H])c1cccc(I)c1C([2H])([2H])[2H]. The second-order valence-electron chi connectivity index (χ2n) is 1.66. The molecule has 0 aromatic heterocycles. The Morgan fingerprint density at radius 2 is 2.33 bits per heavy atom. The van der Waals surface area contributed by atoms with E-state index in [2.05, 4.69) is 0 Å². The van der Waals surface area contributed by atoms with E-state index in [1.807, 2.05) is 22.6 Å². The fraction of sp³-hybridized carbons (Fsp3) is 0.250. The molecule has 0 nitrogen and oxygen atoms in total. The van der Waals surface area contributed by atoms with Crippen molar-refractivity contribution in [3.63, 3.8) is 0 Å². The van der Waals surface area contributed by atoms with E-state index in [0.29, 0.717) is 3.57 Å². The van der Waals surface area contributed by atoms with Gasteiger partial charge in [0.1, 0.15) is 0 Å². The molecule has 0 fully saturated rings.